The maximum atomic E-state index is 13.1. The lowest BCUT2D eigenvalue weighted by Crippen LogP contribution is -2.54. The Labute approximate surface area is 156 Å². The van der Waals surface area contributed by atoms with Gasteiger partial charge in [0.15, 0.2) is 18.1 Å². The predicted octanol–water partition coefficient (Wildman–Crippen LogP) is 1.90. The SMILES string of the molecule is CCOc1cc(C(=O)N2CCSC3COCCC32)ccc1OCC(=O)O. The number of ether oxygens (including phenoxy) is 3. The zero-order chi connectivity index (χ0) is 18.5. The number of amides is 1. The Balaban J connectivity index is 1.79. The van der Waals surface area contributed by atoms with Gasteiger partial charge >= 0.3 is 5.97 Å². The highest BCUT2D eigenvalue weighted by atomic mass is 32.2. The number of thioether (sulfide) groups is 1. The van der Waals surface area contributed by atoms with Crippen molar-refractivity contribution in [2.45, 2.75) is 24.6 Å². The standard InChI is InChI=1S/C18H23NO6S/c1-2-24-15-9-12(3-4-14(15)25-11-17(20)21)18(22)19-6-8-26-16-10-23-7-5-13(16)19/h3-4,9,13,16H,2,5-8,10-11H2,1H3,(H,20,21). The van der Waals surface area contributed by atoms with Gasteiger partial charge in [-0.05, 0) is 31.5 Å². The molecular weight excluding hydrogens is 358 g/mol. The van der Waals surface area contributed by atoms with Crippen LogP contribution in [0.25, 0.3) is 0 Å². The Morgan fingerprint density at radius 1 is 1.35 bits per heavy atom. The van der Waals surface area contributed by atoms with E-state index < -0.39 is 12.6 Å². The summed E-state index contributed by atoms with van der Waals surface area (Å²) >= 11 is 1.87. The molecule has 0 bridgehead atoms. The monoisotopic (exact) mass is 381 g/mol. The molecule has 1 aromatic carbocycles. The maximum absolute atomic E-state index is 13.1. The van der Waals surface area contributed by atoms with Crippen LogP contribution in [0.4, 0.5) is 0 Å². The van der Waals surface area contributed by atoms with Crippen LogP contribution in [-0.2, 0) is 9.53 Å². The fourth-order valence-corrected chi connectivity index (χ4v) is 4.57. The Morgan fingerprint density at radius 2 is 2.19 bits per heavy atom. The van der Waals surface area contributed by atoms with E-state index in [0.29, 0.717) is 48.7 Å². The molecule has 1 amide bonds. The molecule has 0 aromatic heterocycles. The van der Waals surface area contributed by atoms with Gasteiger partial charge in [0.05, 0.1) is 13.2 Å². The molecule has 142 valence electrons. The molecule has 1 N–H and O–H groups in total. The molecule has 26 heavy (non-hydrogen) atoms. The van der Waals surface area contributed by atoms with E-state index in [4.69, 9.17) is 19.3 Å². The average Bonchev–Trinajstić information content (AvgIpc) is 2.66. The van der Waals surface area contributed by atoms with Gasteiger partial charge in [0.25, 0.3) is 5.91 Å². The van der Waals surface area contributed by atoms with E-state index in [1.807, 2.05) is 23.6 Å². The lowest BCUT2D eigenvalue weighted by Gasteiger charge is -2.43. The van der Waals surface area contributed by atoms with Crippen LogP contribution >= 0.6 is 11.8 Å². The molecule has 2 aliphatic rings. The Bertz CT molecular complexity index is 665. The fraction of sp³-hybridized carbons (Fsp3) is 0.556. The van der Waals surface area contributed by atoms with Gasteiger partial charge in [-0.3, -0.25) is 4.79 Å². The minimum absolute atomic E-state index is 0.0343. The van der Waals surface area contributed by atoms with Crippen LogP contribution in [0.3, 0.4) is 0 Å². The minimum atomic E-state index is -1.07. The largest absolute Gasteiger partial charge is 0.490 e. The molecule has 0 aliphatic carbocycles. The summed E-state index contributed by atoms with van der Waals surface area (Å²) in [5.74, 6) is 0.504. The van der Waals surface area contributed by atoms with Gasteiger partial charge in [-0.15, -0.1) is 0 Å². The van der Waals surface area contributed by atoms with E-state index in [9.17, 15) is 9.59 Å². The van der Waals surface area contributed by atoms with Crippen LogP contribution in [0.2, 0.25) is 0 Å². The van der Waals surface area contributed by atoms with E-state index in [2.05, 4.69) is 0 Å². The second kappa shape index (κ2) is 8.64. The predicted molar refractivity (Wildman–Crippen MR) is 97.2 cm³/mol. The number of carboxylic acid groups (broad SMARTS) is 1. The van der Waals surface area contributed by atoms with Crippen molar-refractivity contribution in [3.05, 3.63) is 23.8 Å². The lowest BCUT2D eigenvalue weighted by molar-refractivity contribution is -0.139. The number of rotatable bonds is 6. The number of carbonyl (C=O) groups is 2. The molecular formula is C18H23NO6S. The third-order valence-corrected chi connectivity index (χ3v) is 5.73. The Hall–Kier alpha value is -1.93. The average molecular weight is 381 g/mol. The molecule has 8 heteroatoms. The molecule has 2 heterocycles. The summed E-state index contributed by atoms with van der Waals surface area (Å²) in [5, 5.41) is 9.10. The first-order valence-electron chi connectivity index (χ1n) is 8.72. The third-order valence-electron chi connectivity index (χ3n) is 4.44. The lowest BCUT2D eigenvalue weighted by atomic mass is 10.0. The van der Waals surface area contributed by atoms with Crippen LogP contribution in [0.1, 0.15) is 23.7 Å². The van der Waals surface area contributed by atoms with E-state index in [0.717, 1.165) is 12.2 Å². The number of carbonyl (C=O) groups excluding carboxylic acids is 1. The molecule has 2 saturated heterocycles. The number of hydrogen-bond acceptors (Lipinski definition) is 6. The smallest absolute Gasteiger partial charge is 0.341 e. The van der Waals surface area contributed by atoms with Crippen LogP contribution in [0.5, 0.6) is 11.5 Å². The summed E-state index contributed by atoms with van der Waals surface area (Å²) in [7, 11) is 0. The normalized spacial score (nSPS) is 22.4. The van der Waals surface area contributed by atoms with E-state index in [1.165, 1.54) is 0 Å². The van der Waals surface area contributed by atoms with E-state index in [-0.39, 0.29) is 11.9 Å². The number of aliphatic carboxylic acids is 1. The van der Waals surface area contributed by atoms with Crippen molar-refractivity contribution < 1.29 is 28.9 Å². The summed E-state index contributed by atoms with van der Waals surface area (Å²) in [6.07, 6.45) is 0.849. The van der Waals surface area contributed by atoms with E-state index in [1.54, 1.807) is 18.2 Å². The van der Waals surface area contributed by atoms with Gasteiger partial charge in [0.2, 0.25) is 0 Å². The van der Waals surface area contributed by atoms with Gasteiger partial charge < -0.3 is 24.2 Å². The molecule has 0 radical (unpaired) electrons. The van der Waals surface area contributed by atoms with Crippen molar-refractivity contribution in [2.75, 3.05) is 38.7 Å². The summed E-state index contributed by atoms with van der Waals surface area (Å²) in [6, 6.07) is 5.09. The summed E-state index contributed by atoms with van der Waals surface area (Å²) in [6.45, 7) is 3.84. The second-order valence-electron chi connectivity index (χ2n) is 6.12. The second-order valence-corrected chi connectivity index (χ2v) is 7.46. The molecule has 2 atom stereocenters. The van der Waals surface area contributed by atoms with Crippen molar-refractivity contribution in [3.8, 4) is 11.5 Å². The first kappa shape index (κ1) is 18.8. The molecule has 2 aliphatic heterocycles. The summed E-state index contributed by atoms with van der Waals surface area (Å²) < 4.78 is 16.3. The number of carboxylic acids is 1. The van der Waals surface area contributed by atoms with Crippen LogP contribution < -0.4 is 9.47 Å². The van der Waals surface area contributed by atoms with Crippen molar-refractivity contribution >= 4 is 23.6 Å². The summed E-state index contributed by atoms with van der Waals surface area (Å²) in [4.78, 5) is 25.7. The zero-order valence-corrected chi connectivity index (χ0v) is 15.5. The van der Waals surface area contributed by atoms with Crippen LogP contribution in [-0.4, -0.2) is 71.9 Å². The molecule has 2 fully saturated rings. The number of hydrogen-bond donors (Lipinski definition) is 1. The highest BCUT2D eigenvalue weighted by Crippen LogP contribution is 2.33. The topological polar surface area (TPSA) is 85.3 Å². The van der Waals surface area contributed by atoms with Gasteiger partial charge in [-0.25, -0.2) is 4.79 Å². The first-order valence-corrected chi connectivity index (χ1v) is 9.76. The number of fused-ring (bicyclic) bond motifs is 1. The van der Waals surface area contributed by atoms with Crippen molar-refractivity contribution in [1.82, 2.24) is 4.90 Å². The van der Waals surface area contributed by atoms with Gasteiger partial charge in [-0.2, -0.15) is 11.8 Å². The quantitative estimate of drug-likeness (QED) is 0.805. The molecule has 2 unspecified atom stereocenters. The van der Waals surface area contributed by atoms with Crippen LogP contribution in [0, 0.1) is 0 Å². The number of nitrogens with zero attached hydrogens (tertiary/aromatic N) is 1. The molecule has 1 aromatic rings. The molecule has 0 spiro atoms. The van der Waals surface area contributed by atoms with E-state index >= 15 is 0 Å². The number of benzene rings is 1. The molecule has 3 rings (SSSR count). The highest BCUT2D eigenvalue weighted by Gasteiger charge is 2.37. The maximum Gasteiger partial charge on any atom is 0.341 e. The highest BCUT2D eigenvalue weighted by molar-refractivity contribution is 8.00. The third kappa shape index (κ3) is 4.24. The van der Waals surface area contributed by atoms with Gasteiger partial charge in [-0.1, -0.05) is 0 Å². The minimum Gasteiger partial charge on any atom is -0.490 e. The molecule has 0 saturated carbocycles. The van der Waals surface area contributed by atoms with Crippen LogP contribution in [0.15, 0.2) is 18.2 Å². The first-order chi connectivity index (χ1) is 12.6. The van der Waals surface area contributed by atoms with Crippen molar-refractivity contribution in [1.29, 1.82) is 0 Å². The molecule has 7 nitrogen and oxygen atoms in total. The zero-order valence-electron chi connectivity index (χ0n) is 14.7. The fourth-order valence-electron chi connectivity index (χ4n) is 3.27. The van der Waals surface area contributed by atoms with Gasteiger partial charge in [0.1, 0.15) is 0 Å². The van der Waals surface area contributed by atoms with Crippen molar-refractivity contribution in [3.63, 3.8) is 0 Å². The Kier molecular flexibility index (Phi) is 6.26. The van der Waals surface area contributed by atoms with Gasteiger partial charge in [0, 0.05) is 35.8 Å². The van der Waals surface area contributed by atoms with Crippen molar-refractivity contribution in [2.24, 2.45) is 0 Å². The Morgan fingerprint density at radius 3 is 2.96 bits per heavy atom. The summed E-state index contributed by atoms with van der Waals surface area (Å²) in [5.41, 5.74) is 0.522.